The number of hydrogen-bond acceptors (Lipinski definition) is 5. The van der Waals surface area contributed by atoms with Crippen molar-refractivity contribution in [3.63, 3.8) is 0 Å². The topological polar surface area (TPSA) is 66.0 Å². The summed E-state index contributed by atoms with van der Waals surface area (Å²) in [6.45, 7) is 16.0. The normalized spacial score (nSPS) is 12.9. The molecule has 1 N–H and O–H groups in total. The predicted octanol–water partition coefficient (Wildman–Crippen LogP) is 4.49. The molecule has 6 heteroatoms. The second-order valence-electron chi connectivity index (χ2n) is 6.82. The largest absolute Gasteiger partial charge is 0.385 e. The van der Waals surface area contributed by atoms with Crippen LogP contribution < -0.4 is 5.32 Å². The van der Waals surface area contributed by atoms with E-state index in [1.54, 1.807) is 11.3 Å². The van der Waals surface area contributed by atoms with Crippen LogP contribution in [0.2, 0.25) is 0 Å². The molecular formula is C20H21N5S. The van der Waals surface area contributed by atoms with Crippen LogP contribution in [0.5, 0.6) is 0 Å². The SMILES string of the molecule is [C-]#[N+]C(C)(C)c1nc(C)c(Cc2cc(NCC)c3c(n2)CC=C3C#N)s1. The van der Waals surface area contributed by atoms with E-state index in [4.69, 9.17) is 11.6 Å². The van der Waals surface area contributed by atoms with Crippen molar-refractivity contribution in [3.05, 3.63) is 56.1 Å². The van der Waals surface area contributed by atoms with Gasteiger partial charge in [0, 0.05) is 55.1 Å². The van der Waals surface area contributed by atoms with Crippen LogP contribution in [0, 0.1) is 24.8 Å². The molecule has 1 aliphatic rings. The van der Waals surface area contributed by atoms with E-state index < -0.39 is 5.54 Å². The summed E-state index contributed by atoms with van der Waals surface area (Å²) in [7, 11) is 0. The number of nitriles is 1. The summed E-state index contributed by atoms with van der Waals surface area (Å²) < 4.78 is 0. The highest BCUT2D eigenvalue weighted by atomic mass is 32.1. The number of nitrogens with one attached hydrogen (secondary N) is 1. The third-order valence-corrected chi connectivity index (χ3v) is 5.91. The lowest BCUT2D eigenvalue weighted by Crippen LogP contribution is -2.10. The number of pyridine rings is 1. The highest BCUT2D eigenvalue weighted by Crippen LogP contribution is 2.35. The number of aromatic nitrogens is 2. The molecule has 0 spiro atoms. The van der Waals surface area contributed by atoms with Crippen molar-refractivity contribution in [2.24, 2.45) is 0 Å². The Balaban J connectivity index is 1.97. The Morgan fingerprint density at radius 1 is 1.42 bits per heavy atom. The molecule has 0 unspecified atom stereocenters. The molecule has 0 radical (unpaired) electrons. The van der Waals surface area contributed by atoms with Crippen molar-refractivity contribution in [1.82, 2.24) is 9.97 Å². The predicted molar refractivity (Wildman–Crippen MR) is 105 cm³/mol. The molecule has 0 saturated carbocycles. The molecule has 0 fully saturated rings. The summed E-state index contributed by atoms with van der Waals surface area (Å²) >= 11 is 1.59. The molecule has 2 heterocycles. The fourth-order valence-corrected chi connectivity index (χ4v) is 4.12. The smallest absolute Gasteiger partial charge is 0.277 e. The fourth-order valence-electron chi connectivity index (χ4n) is 2.99. The number of thiazole rings is 1. The van der Waals surface area contributed by atoms with E-state index in [0.29, 0.717) is 18.4 Å². The van der Waals surface area contributed by atoms with Crippen LogP contribution in [-0.4, -0.2) is 16.5 Å². The van der Waals surface area contributed by atoms with Crippen LogP contribution in [0.25, 0.3) is 10.4 Å². The number of rotatable bonds is 5. The maximum atomic E-state index is 9.34. The van der Waals surface area contributed by atoms with Crippen molar-refractivity contribution in [1.29, 1.82) is 5.26 Å². The van der Waals surface area contributed by atoms with Gasteiger partial charge in [0.05, 0.1) is 23.0 Å². The summed E-state index contributed by atoms with van der Waals surface area (Å²) in [5.41, 5.74) is 4.90. The Hall–Kier alpha value is -2.70. The molecule has 26 heavy (non-hydrogen) atoms. The summed E-state index contributed by atoms with van der Waals surface area (Å²) in [6, 6.07) is 4.31. The quantitative estimate of drug-likeness (QED) is 0.795. The Labute approximate surface area is 158 Å². The number of allylic oxidation sites excluding steroid dienone is 2. The Kier molecular flexibility index (Phi) is 4.80. The van der Waals surface area contributed by atoms with Crippen LogP contribution >= 0.6 is 11.3 Å². The molecular weight excluding hydrogens is 342 g/mol. The third kappa shape index (κ3) is 3.21. The highest BCUT2D eigenvalue weighted by Gasteiger charge is 2.31. The van der Waals surface area contributed by atoms with Gasteiger partial charge in [-0.3, -0.25) is 4.98 Å². The van der Waals surface area contributed by atoms with Crippen LogP contribution in [0.15, 0.2) is 12.1 Å². The number of fused-ring (bicyclic) bond motifs is 1. The average molecular weight is 363 g/mol. The Bertz CT molecular complexity index is 969. The van der Waals surface area contributed by atoms with Gasteiger partial charge in [0.1, 0.15) is 0 Å². The lowest BCUT2D eigenvalue weighted by molar-refractivity contribution is 0.655. The molecule has 0 bridgehead atoms. The second-order valence-corrected chi connectivity index (χ2v) is 7.91. The molecule has 5 nitrogen and oxygen atoms in total. The minimum atomic E-state index is -0.598. The van der Waals surface area contributed by atoms with Crippen LogP contribution in [0.4, 0.5) is 5.69 Å². The molecule has 0 amide bonds. The molecule has 0 saturated heterocycles. The molecule has 132 valence electrons. The van der Waals surface area contributed by atoms with Crippen molar-refractivity contribution < 1.29 is 0 Å². The first kappa shape index (κ1) is 18.1. The number of anilines is 1. The third-order valence-electron chi connectivity index (χ3n) is 4.44. The monoisotopic (exact) mass is 363 g/mol. The van der Waals surface area contributed by atoms with E-state index in [2.05, 4.69) is 21.2 Å². The molecule has 1 aliphatic carbocycles. The minimum Gasteiger partial charge on any atom is -0.385 e. The number of nitrogens with zero attached hydrogens (tertiary/aromatic N) is 4. The van der Waals surface area contributed by atoms with Gasteiger partial charge in [-0.05, 0) is 19.9 Å². The first-order valence-corrected chi connectivity index (χ1v) is 9.44. The number of aryl methyl sites for hydroxylation is 1. The average Bonchev–Trinajstić information content (AvgIpc) is 3.19. The molecule has 2 aromatic heterocycles. The van der Waals surface area contributed by atoms with Gasteiger partial charge < -0.3 is 10.2 Å². The summed E-state index contributed by atoms with van der Waals surface area (Å²) in [5.74, 6) is 0. The van der Waals surface area contributed by atoms with Gasteiger partial charge >= 0.3 is 0 Å². The van der Waals surface area contributed by atoms with Crippen LogP contribution in [0.1, 0.15) is 53.3 Å². The zero-order valence-corrected chi connectivity index (χ0v) is 16.3. The maximum Gasteiger partial charge on any atom is 0.277 e. The second kappa shape index (κ2) is 6.90. The highest BCUT2D eigenvalue weighted by molar-refractivity contribution is 7.12. The Morgan fingerprint density at radius 2 is 2.19 bits per heavy atom. The molecule has 2 aromatic rings. The summed E-state index contributed by atoms with van der Waals surface area (Å²) in [5, 5.41) is 13.6. The summed E-state index contributed by atoms with van der Waals surface area (Å²) in [4.78, 5) is 14.2. The van der Waals surface area contributed by atoms with Crippen LogP contribution in [-0.2, 0) is 18.4 Å². The van der Waals surface area contributed by atoms with E-state index >= 15 is 0 Å². The van der Waals surface area contributed by atoms with Gasteiger partial charge in [-0.2, -0.15) is 5.26 Å². The maximum absolute atomic E-state index is 9.34. The van der Waals surface area contributed by atoms with Crippen molar-refractivity contribution in [2.45, 2.75) is 46.1 Å². The van der Waals surface area contributed by atoms with Gasteiger partial charge in [-0.15, -0.1) is 11.3 Å². The lowest BCUT2D eigenvalue weighted by Gasteiger charge is -2.12. The number of hydrogen-bond donors (Lipinski definition) is 1. The van der Waals surface area contributed by atoms with Crippen LogP contribution in [0.3, 0.4) is 0 Å². The van der Waals surface area contributed by atoms with E-state index in [9.17, 15) is 5.26 Å². The molecule has 0 atom stereocenters. The zero-order chi connectivity index (χ0) is 18.9. The molecule has 3 rings (SSSR count). The van der Waals surface area contributed by atoms with Gasteiger partial charge in [0.2, 0.25) is 0 Å². The Morgan fingerprint density at radius 3 is 2.85 bits per heavy atom. The van der Waals surface area contributed by atoms with Gasteiger partial charge in [0.15, 0.2) is 5.01 Å². The van der Waals surface area contributed by atoms with E-state index in [0.717, 1.165) is 44.8 Å². The van der Waals surface area contributed by atoms with E-state index in [1.807, 2.05) is 39.8 Å². The fraction of sp³-hybridized carbons (Fsp3) is 0.400. The lowest BCUT2D eigenvalue weighted by atomic mass is 10.1. The molecule has 0 aliphatic heterocycles. The molecule has 0 aromatic carbocycles. The van der Waals surface area contributed by atoms with Crippen molar-refractivity contribution in [3.8, 4) is 6.07 Å². The van der Waals surface area contributed by atoms with E-state index in [-0.39, 0.29) is 0 Å². The first-order valence-electron chi connectivity index (χ1n) is 8.62. The standard InChI is InChI=1S/C20H21N5S/c1-6-23-16-9-14(25-15-8-7-13(11-21)18(15)16)10-17-12(2)24-19(26-17)20(3,4)22-5/h7,9H,6,8,10H2,1-4H3,(H,23,25). The van der Waals surface area contributed by atoms with Crippen molar-refractivity contribution >= 4 is 22.6 Å². The van der Waals surface area contributed by atoms with Gasteiger partial charge in [-0.25, -0.2) is 11.6 Å². The zero-order valence-electron chi connectivity index (χ0n) is 15.5. The minimum absolute atomic E-state index is 0.598. The van der Waals surface area contributed by atoms with Gasteiger partial charge in [0.25, 0.3) is 5.54 Å². The van der Waals surface area contributed by atoms with E-state index in [1.165, 1.54) is 0 Å². The summed E-state index contributed by atoms with van der Waals surface area (Å²) in [6.07, 6.45) is 3.32. The van der Waals surface area contributed by atoms with Gasteiger partial charge in [-0.1, -0.05) is 6.08 Å². The van der Waals surface area contributed by atoms with Crippen molar-refractivity contribution in [2.75, 3.05) is 11.9 Å². The first-order chi connectivity index (χ1) is 12.4.